The van der Waals surface area contributed by atoms with Crippen molar-refractivity contribution in [3.63, 3.8) is 0 Å². The Morgan fingerprint density at radius 1 is 1.33 bits per heavy atom. The molecule has 0 saturated carbocycles. The molecular formula is C12H17ClFNO2S. The van der Waals surface area contributed by atoms with Crippen molar-refractivity contribution in [1.29, 1.82) is 0 Å². The molecule has 0 aliphatic rings. The van der Waals surface area contributed by atoms with E-state index in [1.807, 2.05) is 6.92 Å². The van der Waals surface area contributed by atoms with Crippen molar-refractivity contribution in [3.05, 3.63) is 29.1 Å². The molecule has 1 N–H and O–H groups in total. The van der Waals surface area contributed by atoms with Crippen molar-refractivity contribution >= 4 is 21.6 Å². The van der Waals surface area contributed by atoms with E-state index in [2.05, 4.69) is 4.72 Å². The molecular weight excluding hydrogens is 277 g/mol. The molecule has 0 aliphatic heterocycles. The average Bonchev–Trinajstić information content (AvgIpc) is 2.23. The van der Waals surface area contributed by atoms with Crippen molar-refractivity contribution < 1.29 is 12.8 Å². The highest BCUT2D eigenvalue weighted by atomic mass is 35.5. The minimum absolute atomic E-state index is 0.132. The van der Waals surface area contributed by atoms with Crippen molar-refractivity contribution in [2.45, 2.75) is 38.1 Å². The summed E-state index contributed by atoms with van der Waals surface area (Å²) in [6.07, 6.45) is 0.599. The van der Waals surface area contributed by atoms with Gasteiger partial charge in [-0.2, -0.15) is 0 Å². The van der Waals surface area contributed by atoms with E-state index < -0.39 is 15.8 Å². The molecule has 18 heavy (non-hydrogen) atoms. The highest BCUT2D eigenvalue weighted by molar-refractivity contribution is 7.89. The van der Waals surface area contributed by atoms with Crippen molar-refractivity contribution in [1.82, 2.24) is 4.72 Å². The van der Waals surface area contributed by atoms with Gasteiger partial charge in [0.2, 0.25) is 10.0 Å². The van der Waals surface area contributed by atoms with E-state index in [9.17, 15) is 12.8 Å². The van der Waals surface area contributed by atoms with Gasteiger partial charge in [-0.1, -0.05) is 6.92 Å². The van der Waals surface area contributed by atoms with Crippen LogP contribution in [0.15, 0.2) is 17.0 Å². The van der Waals surface area contributed by atoms with Crippen LogP contribution in [0.25, 0.3) is 0 Å². The number of hydrogen-bond acceptors (Lipinski definition) is 2. The number of alkyl halides is 1. The van der Waals surface area contributed by atoms with Crippen LogP contribution in [0.1, 0.15) is 24.5 Å². The number of rotatable bonds is 5. The lowest BCUT2D eigenvalue weighted by atomic mass is 10.1. The number of halogens is 2. The highest BCUT2D eigenvalue weighted by Gasteiger charge is 2.23. The normalized spacial score (nSPS) is 13.6. The summed E-state index contributed by atoms with van der Waals surface area (Å²) in [5, 5.41) is 0. The zero-order valence-corrected chi connectivity index (χ0v) is 12.2. The molecule has 1 aromatic carbocycles. The molecule has 102 valence electrons. The molecule has 1 unspecified atom stereocenters. The Kier molecular flexibility index (Phi) is 5.13. The van der Waals surface area contributed by atoms with Crippen LogP contribution >= 0.6 is 11.6 Å². The summed E-state index contributed by atoms with van der Waals surface area (Å²) in [5.41, 5.74) is 0.786. The van der Waals surface area contributed by atoms with Crippen LogP contribution in [-0.4, -0.2) is 20.3 Å². The van der Waals surface area contributed by atoms with Crippen LogP contribution in [0.3, 0.4) is 0 Å². The smallest absolute Gasteiger partial charge is 0.207 e. The molecule has 0 fully saturated rings. The van der Waals surface area contributed by atoms with E-state index in [1.54, 1.807) is 13.8 Å². The molecule has 1 rings (SSSR count). The van der Waals surface area contributed by atoms with Crippen LogP contribution in [0, 0.1) is 19.7 Å². The molecule has 0 aromatic heterocycles. The first-order chi connectivity index (χ1) is 8.31. The summed E-state index contributed by atoms with van der Waals surface area (Å²) in [4.78, 5) is 0.132. The maximum atomic E-state index is 13.2. The van der Waals surface area contributed by atoms with E-state index >= 15 is 0 Å². The largest absolute Gasteiger partial charge is 0.241 e. The summed E-state index contributed by atoms with van der Waals surface area (Å²) in [6.45, 7) is 5.00. The van der Waals surface area contributed by atoms with Crippen molar-refractivity contribution in [2.75, 3.05) is 5.88 Å². The minimum atomic E-state index is -3.66. The second-order valence-electron chi connectivity index (χ2n) is 4.25. The Bertz CT molecular complexity index is 504. The molecule has 0 saturated heterocycles. The predicted molar refractivity (Wildman–Crippen MR) is 71.0 cm³/mol. The fourth-order valence-corrected chi connectivity index (χ4v) is 3.98. The number of hydrogen-bond donors (Lipinski definition) is 1. The lowest BCUT2D eigenvalue weighted by Gasteiger charge is -2.17. The van der Waals surface area contributed by atoms with Gasteiger partial charge in [-0.15, -0.1) is 11.6 Å². The Labute approximate surface area is 112 Å². The zero-order valence-electron chi connectivity index (χ0n) is 10.6. The lowest BCUT2D eigenvalue weighted by molar-refractivity contribution is 0.555. The number of aryl methyl sites for hydroxylation is 2. The molecule has 3 nitrogen and oxygen atoms in total. The summed E-state index contributed by atoms with van der Waals surface area (Å²) in [5.74, 6) is -0.233. The van der Waals surface area contributed by atoms with E-state index in [0.29, 0.717) is 17.5 Å². The van der Waals surface area contributed by atoms with Crippen LogP contribution < -0.4 is 4.72 Å². The van der Waals surface area contributed by atoms with Crippen LogP contribution in [0.4, 0.5) is 4.39 Å². The molecule has 0 bridgehead atoms. The van der Waals surface area contributed by atoms with E-state index in [0.717, 1.165) is 0 Å². The molecule has 0 heterocycles. The summed E-state index contributed by atoms with van der Waals surface area (Å²) in [6, 6.07) is 2.10. The highest BCUT2D eigenvalue weighted by Crippen LogP contribution is 2.21. The number of sulfonamides is 1. The minimum Gasteiger partial charge on any atom is -0.207 e. The zero-order chi connectivity index (χ0) is 13.9. The van der Waals surface area contributed by atoms with Crippen LogP contribution in [0.5, 0.6) is 0 Å². The third-order valence-electron chi connectivity index (χ3n) is 2.69. The Hall–Kier alpha value is -0.650. The molecule has 0 aliphatic carbocycles. The third kappa shape index (κ3) is 3.43. The summed E-state index contributed by atoms with van der Waals surface area (Å²) < 4.78 is 40.1. The Balaban J connectivity index is 3.21. The molecule has 0 radical (unpaired) electrons. The van der Waals surface area contributed by atoms with Gasteiger partial charge in [-0.05, 0) is 43.5 Å². The molecule has 0 amide bonds. The third-order valence-corrected chi connectivity index (χ3v) is 4.89. The molecule has 0 spiro atoms. The van der Waals surface area contributed by atoms with E-state index in [1.165, 1.54) is 12.1 Å². The molecule has 6 heteroatoms. The average molecular weight is 294 g/mol. The first-order valence-electron chi connectivity index (χ1n) is 5.66. The van der Waals surface area contributed by atoms with Crippen molar-refractivity contribution in [3.8, 4) is 0 Å². The van der Waals surface area contributed by atoms with Crippen molar-refractivity contribution in [2.24, 2.45) is 0 Å². The Morgan fingerprint density at radius 2 is 1.83 bits per heavy atom. The first kappa shape index (κ1) is 15.4. The van der Waals surface area contributed by atoms with Gasteiger partial charge < -0.3 is 0 Å². The Morgan fingerprint density at radius 3 is 2.22 bits per heavy atom. The van der Waals surface area contributed by atoms with Gasteiger partial charge in [0.1, 0.15) is 5.82 Å². The van der Waals surface area contributed by atoms with Gasteiger partial charge in [0, 0.05) is 11.9 Å². The monoisotopic (exact) mass is 293 g/mol. The van der Waals surface area contributed by atoms with E-state index in [-0.39, 0.29) is 16.8 Å². The SMILES string of the molecule is CCC(CCl)NS(=O)(=O)c1c(C)cc(F)cc1C. The first-order valence-corrected chi connectivity index (χ1v) is 7.68. The van der Waals surface area contributed by atoms with Crippen LogP contribution in [0.2, 0.25) is 0 Å². The fourth-order valence-electron chi connectivity index (χ4n) is 1.82. The van der Waals surface area contributed by atoms with Gasteiger partial charge in [0.05, 0.1) is 4.90 Å². The standard InChI is InChI=1S/C12H17ClFNO2S/c1-4-11(7-13)15-18(16,17)12-8(2)5-10(14)6-9(12)3/h5-6,11,15H,4,7H2,1-3H3. The second-order valence-corrected chi connectivity index (χ2v) is 6.21. The van der Waals surface area contributed by atoms with Gasteiger partial charge in [0.15, 0.2) is 0 Å². The lowest BCUT2D eigenvalue weighted by Crippen LogP contribution is -2.36. The number of nitrogens with one attached hydrogen (secondary N) is 1. The molecule has 1 atom stereocenters. The van der Waals surface area contributed by atoms with Gasteiger partial charge in [0.25, 0.3) is 0 Å². The van der Waals surface area contributed by atoms with Gasteiger partial charge in [-0.3, -0.25) is 0 Å². The summed E-state index contributed by atoms with van der Waals surface area (Å²) >= 11 is 5.68. The predicted octanol–water partition coefficient (Wildman–Crippen LogP) is 2.74. The number of benzene rings is 1. The van der Waals surface area contributed by atoms with Gasteiger partial charge >= 0.3 is 0 Å². The fraction of sp³-hybridized carbons (Fsp3) is 0.500. The quantitative estimate of drug-likeness (QED) is 0.849. The summed E-state index contributed by atoms with van der Waals surface area (Å²) in [7, 11) is -3.66. The maximum absolute atomic E-state index is 13.2. The van der Waals surface area contributed by atoms with E-state index in [4.69, 9.17) is 11.6 Å². The molecule has 1 aromatic rings. The van der Waals surface area contributed by atoms with Gasteiger partial charge in [-0.25, -0.2) is 17.5 Å². The topological polar surface area (TPSA) is 46.2 Å². The second kappa shape index (κ2) is 5.99. The maximum Gasteiger partial charge on any atom is 0.241 e. The van der Waals surface area contributed by atoms with Crippen LogP contribution in [-0.2, 0) is 10.0 Å².